The fourth-order valence-electron chi connectivity index (χ4n) is 7.02. The van der Waals surface area contributed by atoms with Crippen LogP contribution in [0.25, 0.3) is 27.7 Å². The first kappa shape index (κ1) is 32.4. The average molecular weight is 658 g/mol. The first-order valence-corrected chi connectivity index (χ1v) is 17.1. The molecule has 0 saturated carbocycles. The Bertz CT molecular complexity index is 1940. The molecule has 0 bridgehead atoms. The Morgan fingerprint density at radius 1 is 0.918 bits per heavy atom. The summed E-state index contributed by atoms with van der Waals surface area (Å²) in [7, 11) is 1.98. The smallest absolute Gasteiger partial charge is 0.407 e. The molecular weight excluding hydrogens is 614 g/mol. The maximum atomic E-state index is 11.4. The molecule has 2 atom stereocenters. The highest BCUT2D eigenvalue weighted by Crippen LogP contribution is 2.37. The van der Waals surface area contributed by atoms with Crippen LogP contribution in [-0.2, 0) is 20.3 Å². The van der Waals surface area contributed by atoms with E-state index in [9.17, 15) is 9.90 Å². The number of fused-ring (bicyclic) bond motifs is 1. The summed E-state index contributed by atoms with van der Waals surface area (Å²) in [6, 6.07) is 30.6. The van der Waals surface area contributed by atoms with Crippen LogP contribution >= 0.6 is 0 Å². The van der Waals surface area contributed by atoms with Crippen molar-refractivity contribution in [1.29, 1.82) is 0 Å². The summed E-state index contributed by atoms with van der Waals surface area (Å²) < 4.78 is 14.4. The van der Waals surface area contributed by atoms with Crippen LogP contribution in [0.4, 0.5) is 4.79 Å². The molecule has 5 aromatic rings. The average Bonchev–Trinajstić information content (AvgIpc) is 3.46. The van der Waals surface area contributed by atoms with Gasteiger partial charge in [-0.2, -0.15) is 10.1 Å². The van der Waals surface area contributed by atoms with Gasteiger partial charge >= 0.3 is 6.09 Å². The van der Waals surface area contributed by atoms with Gasteiger partial charge < -0.3 is 19.5 Å². The second-order valence-electron chi connectivity index (χ2n) is 13.2. The molecule has 1 saturated heterocycles. The predicted octanol–water partition coefficient (Wildman–Crippen LogP) is 7.52. The molecule has 3 aromatic carbocycles. The van der Waals surface area contributed by atoms with Crippen molar-refractivity contribution in [3.63, 3.8) is 0 Å². The standard InChI is InChI=1S/C40H43N5O4/c1-28-24-45(40(46)47)22-19-33(28)25-44-20-17-31(18-21-44)32-13-14-34-36(23-32)43(2)42-38(34)35-15-16-37(48-26-29-9-5-3-6-10-29)41-39(35)49-27-30-11-7-4-8-12-30/h3-17,23,28,33H,18-22,24-27H2,1-2H3,(H,46,47)/t28-,33-/m0/s1. The van der Waals surface area contributed by atoms with E-state index in [1.165, 1.54) is 11.1 Å². The number of hydrogen-bond donors (Lipinski definition) is 1. The van der Waals surface area contributed by atoms with Gasteiger partial charge in [0.25, 0.3) is 0 Å². The molecule has 252 valence electrons. The minimum Gasteiger partial charge on any atom is -0.473 e. The van der Waals surface area contributed by atoms with Gasteiger partial charge in [-0.25, -0.2) is 4.79 Å². The number of likely N-dealkylation sites (tertiary alicyclic amines) is 1. The summed E-state index contributed by atoms with van der Waals surface area (Å²) in [5.74, 6) is 1.87. The fraction of sp³-hybridized carbons (Fsp3) is 0.325. The number of hydrogen-bond acceptors (Lipinski definition) is 6. The molecule has 0 spiro atoms. The van der Waals surface area contributed by atoms with E-state index in [2.05, 4.69) is 36.1 Å². The number of nitrogens with zero attached hydrogens (tertiary/aromatic N) is 5. The van der Waals surface area contributed by atoms with Crippen LogP contribution in [0, 0.1) is 11.8 Å². The molecule has 9 heteroatoms. The predicted molar refractivity (Wildman–Crippen MR) is 191 cm³/mol. The molecule has 2 aliphatic rings. The van der Waals surface area contributed by atoms with E-state index in [0.717, 1.165) is 65.8 Å². The number of aryl methyl sites for hydroxylation is 1. The number of carboxylic acid groups (broad SMARTS) is 1. The lowest BCUT2D eigenvalue weighted by molar-refractivity contribution is 0.0868. The Hall–Kier alpha value is -5.15. The maximum Gasteiger partial charge on any atom is 0.407 e. The molecule has 2 aliphatic heterocycles. The van der Waals surface area contributed by atoms with Gasteiger partial charge in [-0.05, 0) is 65.1 Å². The Balaban J connectivity index is 1.09. The van der Waals surface area contributed by atoms with Crippen molar-refractivity contribution in [3.8, 4) is 23.0 Å². The molecule has 0 aliphatic carbocycles. The minimum atomic E-state index is -0.802. The van der Waals surface area contributed by atoms with E-state index in [1.807, 2.05) is 84.5 Å². The van der Waals surface area contributed by atoms with Gasteiger partial charge in [0.05, 0.1) is 11.1 Å². The third-order valence-corrected chi connectivity index (χ3v) is 9.90. The van der Waals surface area contributed by atoms with E-state index in [0.29, 0.717) is 49.9 Å². The van der Waals surface area contributed by atoms with Crippen LogP contribution in [0.15, 0.2) is 97.1 Å². The second kappa shape index (κ2) is 14.5. The summed E-state index contributed by atoms with van der Waals surface area (Å²) >= 11 is 0. The van der Waals surface area contributed by atoms with E-state index in [4.69, 9.17) is 19.6 Å². The van der Waals surface area contributed by atoms with Crippen molar-refractivity contribution >= 4 is 22.6 Å². The summed E-state index contributed by atoms with van der Waals surface area (Å²) in [4.78, 5) is 20.3. The second-order valence-corrected chi connectivity index (χ2v) is 13.2. The molecule has 4 heterocycles. The Kier molecular flexibility index (Phi) is 9.61. The van der Waals surface area contributed by atoms with Crippen LogP contribution < -0.4 is 9.47 Å². The van der Waals surface area contributed by atoms with Crippen molar-refractivity contribution in [2.75, 3.05) is 32.7 Å². The SMILES string of the molecule is C[C@H]1CN(C(=O)O)CC[C@H]1CN1CC=C(c2ccc3c(-c4ccc(OCc5ccccc5)nc4OCc4ccccc4)nn(C)c3c2)CC1. The van der Waals surface area contributed by atoms with Gasteiger partial charge in [0.15, 0.2) is 0 Å². The molecule has 2 aromatic heterocycles. The lowest BCUT2D eigenvalue weighted by atomic mass is 9.86. The number of piperidine rings is 1. The Morgan fingerprint density at radius 2 is 1.65 bits per heavy atom. The molecule has 0 unspecified atom stereocenters. The molecular formula is C40H43N5O4. The summed E-state index contributed by atoms with van der Waals surface area (Å²) in [5, 5.41) is 15.4. The van der Waals surface area contributed by atoms with Crippen LogP contribution in [0.2, 0.25) is 0 Å². The van der Waals surface area contributed by atoms with Crippen molar-refractivity contribution in [1.82, 2.24) is 24.6 Å². The van der Waals surface area contributed by atoms with E-state index in [-0.39, 0.29) is 0 Å². The normalized spacial score (nSPS) is 18.3. The number of pyridine rings is 1. The number of ether oxygens (including phenoxy) is 2. The minimum absolute atomic E-state index is 0.370. The van der Waals surface area contributed by atoms with Gasteiger partial charge in [0.1, 0.15) is 18.9 Å². The van der Waals surface area contributed by atoms with Gasteiger partial charge in [0, 0.05) is 51.2 Å². The molecule has 9 nitrogen and oxygen atoms in total. The molecule has 1 amide bonds. The number of aromatic nitrogens is 3. The van der Waals surface area contributed by atoms with Gasteiger partial charge in [-0.3, -0.25) is 9.58 Å². The summed E-state index contributed by atoms with van der Waals surface area (Å²) in [5.41, 5.74) is 7.38. The van der Waals surface area contributed by atoms with Crippen molar-refractivity contribution < 1.29 is 19.4 Å². The van der Waals surface area contributed by atoms with Gasteiger partial charge in [-0.1, -0.05) is 79.7 Å². The summed E-state index contributed by atoms with van der Waals surface area (Å²) in [6.07, 6.45) is 3.46. The third-order valence-electron chi connectivity index (χ3n) is 9.90. The van der Waals surface area contributed by atoms with Crippen LogP contribution in [-0.4, -0.2) is 68.5 Å². The number of amides is 1. The zero-order chi connectivity index (χ0) is 33.7. The third kappa shape index (κ3) is 7.47. The van der Waals surface area contributed by atoms with E-state index in [1.54, 1.807) is 4.90 Å². The fourth-order valence-corrected chi connectivity index (χ4v) is 7.02. The highest BCUT2D eigenvalue weighted by Gasteiger charge is 2.30. The van der Waals surface area contributed by atoms with Gasteiger partial charge in [0.2, 0.25) is 11.8 Å². The summed E-state index contributed by atoms with van der Waals surface area (Å²) in [6.45, 7) is 7.16. The maximum absolute atomic E-state index is 11.4. The Morgan fingerprint density at radius 3 is 2.33 bits per heavy atom. The lowest BCUT2D eigenvalue weighted by Crippen LogP contribution is -2.46. The van der Waals surface area contributed by atoms with Crippen LogP contribution in [0.5, 0.6) is 11.8 Å². The largest absolute Gasteiger partial charge is 0.473 e. The van der Waals surface area contributed by atoms with E-state index >= 15 is 0 Å². The molecule has 0 radical (unpaired) electrons. The van der Waals surface area contributed by atoms with Gasteiger partial charge in [-0.15, -0.1) is 0 Å². The zero-order valence-corrected chi connectivity index (χ0v) is 28.2. The number of benzene rings is 3. The Labute approximate surface area is 287 Å². The topological polar surface area (TPSA) is 93.0 Å². The van der Waals surface area contributed by atoms with Crippen molar-refractivity contribution in [2.45, 2.75) is 33.0 Å². The lowest BCUT2D eigenvalue weighted by Gasteiger charge is -2.38. The highest BCUT2D eigenvalue weighted by atomic mass is 16.5. The highest BCUT2D eigenvalue weighted by molar-refractivity contribution is 5.96. The zero-order valence-electron chi connectivity index (χ0n) is 28.2. The first-order chi connectivity index (χ1) is 23.9. The van der Waals surface area contributed by atoms with E-state index < -0.39 is 6.09 Å². The molecule has 7 rings (SSSR count). The molecule has 1 N–H and O–H groups in total. The monoisotopic (exact) mass is 657 g/mol. The molecule has 49 heavy (non-hydrogen) atoms. The quantitative estimate of drug-likeness (QED) is 0.166. The van der Waals surface area contributed by atoms with Crippen LogP contribution in [0.3, 0.4) is 0 Å². The first-order valence-electron chi connectivity index (χ1n) is 17.1. The van der Waals surface area contributed by atoms with Crippen molar-refractivity contribution in [2.24, 2.45) is 18.9 Å². The number of rotatable bonds is 10. The van der Waals surface area contributed by atoms with Crippen LogP contribution in [0.1, 0.15) is 36.5 Å². The number of carbonyl (C=O) groups is 1. The molecule has 1 fully saturated rings. The van der Waals surface area contributed by atoms with Crippen molar-refractivity contribution in [3.05, 3.63) is 114 Å².